The molecule has 0 amide bonds. The van der Waals surface area contributed by atoms with Crippen molar-refractivity contribution in [3.05, 3.63) is 236 Å². The first-order valence-electron chi connectivity index (χ1n) is 21.1. The minimum atomic E-state index is -0.177. The molecule has 11 aromatic rings. The van der Waals surface area contributed by atoms with Crippen molar-refractivity contribution in [2.24, 2.45) is 0 Å². The molecular formula is C59H43NO. The van der Waals surface area contributed by atoms with Gasteiger partial charge in [-0.3, -0.25) is 0 Å². The van der Waals surface area contributed by atoms with Gasteiger partial charge in [0.2, 0.25) is 0 Å². The summed E-state index contributed by atoms with van der Waals surface area (Å²) < 4.78 is 6.77. The zero-order valence-corrected chi connectivity index (χ0v) is 34.2. The molecule has 0 unspecified atom stereocenters. The van der Waals surface area contributed by atoms with Crippen LogP contribution in [0, 0.1) is 0 Å². The highest BCUT2D eigenvalue weighted by atomic mass is 16.3. The van der Waals surface area contributed by atoms with E-state index < -0.39 is 0 Å². The summed E-state index contributed by atoms with van der Waals surface area (Å²) in [7, 11) is 0. The number of nitrogens with zero attached hydrogens (tertiary/aromatic N) is 1. The lowest BCUT2D eigenvalue weighted by molar-refractivity contribution is 0.641. The molecular weight excluding hydrogens is 739 g/mol. The maximum Gasteiger partial charge on any atom is 0.143 e. The third kappa shape index (κ3) is 6.54. The molecule has 1 aromatic heterocycles. The molecule has 61 heavy (non-hydrogen) atoms. The molecule has 0 aliphatic heterocycles. The molecule has 11 rings (SSSR count). The van der Waals surface area contributed by atoms with E-state index in [9.17, 15) is 0 Å². The van der Waals surface area contributed by atoms with Gasteiger partial charge in [0.1, 0.15) is 11.2 Å². The van der Waals surface area contributed by atoms with Crippen molar-refractivity contribution in [1.29, 1.82) is 0 Å². The van der Waals surface area contributed by atoms with Crippen molar-refractivity contribution in [3.8, 4) is 33.4 Å². The molecule has 0 aliphatic rings. The van der Waals surface area contributed by atoms with Gasteiger partial charge in [0.05, 0.1) is 0 Å². The van der Waals surface area contributed by atoms with Crippen molar-refractivity contribution in [2.75, 3.05) is 4.90 Å². The lowest BCUT2D eigenvalue weighted by atomic mass is 9.78. The normalized spacial score (nSPS) is 11.8. The molecule has 0 bridgehead atoms. The highest BCUT2D eigenvalue weighted by molar-refractivity contribution is 6.19. The number of furan rings is 1. The predicted molar refractivity (Wildman–Crippen MR) is 258 cm³/mol. The lowest BCUT2D eigenvalue weighted by Crippen LogP contribution is -2.19. The van der Waals surface area contributed by atoms with E-state index in [-0.39, 0.29) is 5.41 Å². The Morgan fingerprint density at radius 1 is 0.344 bits per heavy atom. The molecule has 1 heterocycles. The van der Waals surface area contributed by atoms with Gasteiger partial charge >= 0.3 is 0 Å². The van der Waals surface area contributed by atoms with E-state index in [1.54, 1.807) is 0 Å². The summed E-state index contributed by atoms with van der Waals surface area (Å²) in [5.74, 6) is 0. The Bertz CT molecular complexity index is 3360. The molecule has 0 atom stereocenters. The van der Waals surface area contributed by atoms with Gasteiger partial charge in [-0.2, -0.15) is 0 Å². The molecule has 0 aliphatic carbocycles. The molecule has 2 heteroatoms. The summed E-state index contributed by atoms with van der Waals surface area (Å²) in [5.41, 5.74) is 14.5. The molecule has 0 saturated heterocycles. The van der Waals surface area contributed by atoms with Crippen molar-refractivity contribution >= 4 is 60.5 Å². The van der Waals surface area contributed by atoms with Crippen LogP contribution in [0.5, 0.6) is 0 Å². The highest BCUT2D eigenvalue weighted by Crippen LogP contribution is 2.43. The number of hydrogen-bond donors (Lipinski definition) is 0. The van der Waals surface area contributed by atoms with Crippen LogP contribution >= 0.6 is 0 Å². The fourth-order valence-electron chi connectivity index (χ4n) is 9.11. The molecule has 290 valence electrons. The maximum atomic E-state index is 6.77. The smallest absolute Gasteiger partial charge is 0.143 e. The Labute approximate surface area is 356 Å². The van der Waals surface area contributed by atoms with Crippen molar-refractivity contribution in [2.45, 2.75) is 19.3 Å². The second-order valence-electron chi connectivity index (χ2n) is 16.6. The first-order valence-corrected chi connectivity index (χ1v) is 21.1. The predicted octanol–water partition coefficient (Wildman–Crippen LogP) is 16.7. The number of rotatable bonds is 8. The van der Waals surface area contributed by atoms with Crippen LogP contribution < -0.4 is 4.90 Å². The Hall–Kier alpha value is -7.68. The second kappa shape index (κ2) is 14.9. The molecule has 10 aromatic carbocycles. The Morgan fingerprint density at radius 3 is 1.66 bits per heavy atom. The van der Waals surface area contributed by atoms with Crippen LogP contribution in [0.4, 0.5) is 17.1 Å². The van der Waals surface area contributed by atoms with Gasteiger partial charge in [0.25, 0.3) is 0 Å². The number of fused-ring (bicyclic) bond motifs is 6. The lowest BCUT2D eigenvalue weighted by Gasteiger charge is -2.30. The van der Waals surface area contributed by atoms with E-state index in [1.807, 2.05) is 0 Å². The fraction of sp³-hybridized carbons (Fsp3) is 0.0508. The minimum absolute atomic E-state index is 0.177. The van der Waals surface area contributed by atoms with Crippen molar-refractivity contribution in [1.82, 2.24) is 0 Å². The Balaban J connectivity index is 0.979. The first kappa shape index (κ1) is 36.4. The summed E-state index contributed by atoms with van der Waals surface area (Å²) in [4.78, 5) is 2.36. The zero-order valence-electron chi connectivity index (χ0n) is 34.2. The quantitative estimate of drug-likeness (QED) is 0.153. The molecule has 0 fully saturated rings. The van der Waals surface area contributed by atoms with Gasteiger partial charge in [-0.1, -0.05) is 178 Å². The van der Waals surface area contributed by atoms with E-state index in [2.05, 4.69) is 243 Å². The fourth-order valence-corrected chi connectivity index (χ4v) is 9.11. The molecule has 0 radical (unpaired) electrons. The van der Waals surface area contributed by atoms with Crippen LogP contribution in [0.15, 0.2) is 229 Å². The average Bonchev–Trinajstić information content (AvgIpc) is 3.70. The van der Waals surface area contributed by atoms with Crippen LogP contribution in [0.1, 0.15) is 25.0 Å². The minimum Gasteiger partial charge on any atom is -0.455 e. The topological polar surface area (TPSA) is 16.4 Å². The largest absolute Gasteiger partial charge is 0.455 e. The molecule has 0 saturated carbocycles. The van der Waals surface area contributed by atoms with Crippen LogP contribution in [0.25, 0.3) is 76.9 Å². The Morgan fingerprint density at radius 2 is 0.918 bits per heavy atom. The average molecular weight is 782 g/mol. The van der Waals surface area contributed by atoms with E-state index in [0.717, 1.165) is 55.5 Å². The number of anilines is 3. The van der Waals surface area contributed by atoms with E-state index in [1.165, 1.54) is 49.5 Å². The molecule has 0 N–H and O–H groups in total. The first-order chi connectivity index (χ1) is 30.0. The van der Waals surface area contributed by atoms with Gasteiger partial charge < -0.3 is 9.32 Å². The zero-order chi connectivity index (χ0) is 40.9. The van der Waals surface area contributed by atoms with E-state index in [0.29, 0.717) is 0 Å². The van der Waals surface area contributed by atoms with Crippen LogP contribution in [-0.2, 0) is 5.41 Å². The van der Waals surface area contributed by atoms with Gasteiger partial charge in [-0.15, -0.1) is 0 Å². The van der Waals surface area contributed by atoms with Crippen LogP contribution in [-0.4, -0.2) is 0 Å². The SMILES string of the molecule is CC(C)(c1ccccc1)c1cccc(N(c2ccc(-c3ccccc3)cc2)c2ccc(-c3ccc4c(c3)oc3c5ccccc5c(-c5ccc6ccccc6c5)cc43)cc2)c1. The maximum absolute atomic E-state index is 6.77. The summed E-state index contributed by atoms with van der Waals surface area (Å²) in [6.45, 7) is 4.61. The molecule has 2 nitrogen and oxygen atoms in total. The summed E-state index contributed by atoms with van der Waals surface area (Å²) >= 11 is 0. The number of benzene rings is 10. The van der Waals surface area contributed by atoms with Crippen molar-refractivity contribution < 1.29 is 4.42 Å². The van der Waals surface area contributed by atoms with Crippen LogP contribution in [0.2, 0.25) is 0 Å². The monoisotopic (exact) mass is 781 g/mol. The molecule has 0 spiro atoms. The highest BCUT2D eigenvalue weighted by Gasteiger charge is 2.25. The summed E-state index contributed by atoms with van der Waals surface area (Å²) in [5, 5.41) is 7.04. The summed E-state index contributed by atoms with van der Waals surface area (Å²) in [6.07, 6.45) is 0. The summed E-state index contributed by atoms with van der Waals surface area (Å²) in [6, 6.07) is 81.1. The second-order valence-corrected chi connectivity index (χ2v) is 16.6. The van der Waals surface area contributed by atoms with Crippen LogP contribution in [0.3, 0.4) is 0 Å². The third-order valence-corrected chi connectivity index (χ3v) is 12.6. The van der Waals surface area contributed by atoms with E-state index in [4.69, 9.17) is 4.42 Å². The van der Waals surface area contributed by atoms with Gasteiger partial charge in [0, 0.05) is 38.6 Å². The van der Waals surface area contributed by atoms with Gasteiger partial charge in [-0.05, 0) is 121 Å². The van der Waals surface area contributed by atoms with Gasteiger partial charge in [-0.25, -0.2) is 0 Å². The third-order valence-electron chi connectivity index (χ3n) is 12.6. The van der Waals surface area contributed by atoms with Gasteiger partial charge in [0.15, 0.2) is 0 Å². The number of hydrogen-bond acceptors (Lipinski definition) is 2. The van der Waals surface area contributed by atoms with Crippen molar-refractivity contribution in [3.63, 3.8) is 0 Å². The van der Waals surface area contributed by atoms with E-state index >= 15 is 0 Å². The standard InChI is InChI=1S/C59H43NO/c1-59(2,47-18-7-4-8-19-47)48-20-13-21-51(38-48)60(49-31-26-42(27-32-49)40-14-5-3-6-15-40)50-33-28-43(29-34-50)45-30-35-53-56-39-55(46-25-24-41-16-9-10-17-44(41)36-46)52-22-11-12-23-54(52)58(56)61-57(53)37-45/h3-39H,1-2H3. The Kier molecular flexibility index (Phi) is 8.86.